The van der Waals surface area contributed by atoms with Crippen molar-refractivity contribution in [2.45, 2.75) is 6.92 Å². The van der Waals surface area contributed by atoms with Gasteiger partial charge in [0.25, 0.3) is 0 Å². The van der Waals surface area contributed by atoms with Crippen molar-refractivity contribution in [3.8, 4) is 5.75 Å². The Morgan fingerprint density at radius 2 is 1.71 bits per heavy atom. The number of aliphatic carboxylic acids is 1. The van der Waals surface area contributed by atoms with Crippen LogP contribution in [0.1, 0.15) is 18.1 Å². The Balaban J connectivity index is 2.26. The van der Waals surface area contributed by atoms with Gasteiger partial charge in [-0.1, -0.05) is 60.7 Å². The highest BCUT2D eigenvalue weighted by Gasteiger charge is 2.14. The van der Waals surface area contributed by atoms with Crippen LogP contribution < -0.4 is 4.74 Å². The SMILES string of the molecule is CCOc1ccc2ccccc2c1/C=C(/C(=O)O)c1ccccc1. The molecule has 1 N–H and O–H groups in total. The maximum atomic E-state index is 11.8. The predicted octanol–water partition coefficient (Wildman–Crippen LogP) is 4.86. The molecular formula is C21H18O3. The smallest absolute Gasteiger partial charge is 0.336 e. The van der Waals surface area contributed by atoms with Gasteiger partial charge < -0.3 is 9.84 Å². The summed E-state index contributed by atoms with van der Waals surface area (Å²) in [5.41, 5.74) is 1.70. The zero-order valence-electron chi connectivity index (χ0n) is 13.4. The summed E-state index contributed by atoms with van der Waals surface area (Å²) in [6.07, 6.45) is 1.70. The first-order valence-corrected chi connectivity index (χ1v) is 7.85. The number of hydrogen-bond donors (Lipinski definition) is 1. The first-order valence-electron chi connectivity index (χ1n) is 7.85. The largest absolute Gasteiger partial charge is 0.493 e. The van der Waals surface area contributed by atoms with Crippen LogP contribution >= 0.6 is 0 Å². The van der Waals surface area contributed by atoms with E-state index >= 15 is 0 Å². The minimum atomic E-state index is -0.961. The molecule has 0 aliphatic carbocycles. The summed E-state index contributed by atoms with van der Waals surface area (Å²) in [6, 6.07) is 20.9. The van der Waals surface area contributed by atoms with Crippen LogP contribution in [0.15, 0.2) is 66.7 Å². The lowest BCUT2D eigenvalue weighted by molar-refractivity contribution is -0.130. The van der Waals surface area contributed by atoms with Crippen LogP contribution in [-0.2, 0) is 4.79 Å². The predicted molar refractivity (Wildman–Crippen MR) is 97.1 cm³/mol. The van der Waals surface area contributed by atoms with Crippen LogP contribution in [0.25, 0.3) is 22.4 Å². The molecule has 3 aromatic rings. The second kappa shape index (κ2) is 7.01. The third-order valence-electron chi connectivity index (χ3n) is 3.83. The number of fused-ring (bicyclic) bond motifs is 1. The van der Waals surface area contributed by atoms with Crippen molar-refractivity contribution in [3.05, 3.63) is 77.9 Å². The normalized spacial score (nSPS) is 11.5. The monoisotopic (exact) mass is 318 g/mol. The van der Waals surface area contributed by atoms with Crippen molar-refractivity contribution in [1.82, 2.24) is 0 Å². The molecule has 24 heavy (non-hydrogen) atoms. The number of ether oxygens (including phenoxy) is 1. The summed E-state index contributed by atoms with van der Waals surface area (Å²) in [4.78, 5) is 11.8. The molecule has 120 valence electrons. The molecule has 0 bridgehead atoms. The molecular weight excluding hydrogens is 300 g/mol. The molecule has 0 fully saturated rings. The van der Waals surface area contributed by atoms with Crippen LogP contribution in [0, 0.1) is 0 Å². The number of carboxylic acids is 1. The lowest BCUT2D eigenvalue weighted by Gasteiger charge is -2.12. The third-order valence-corrected chi connectivity index (χ3v) is 3.83. The fourth-order valence-corrected chi connectivity index (χ4v) is 2.74. The van der Waals surface area contributed by atoms with E-state index in [9.17, 15) is 9.90 Å². The van der Waals surface area contributed by atoms with Crippen molar-refractivity contribution in [2.75, 3.05) is 6.61 Å². The summed E-state index contributed by atoms with van der Waals surface area (Å²) in [5.74, 6) is -0.275. The summed E-state index contributed by atoms with van der Waals surface area (Å²) in [7, 11) is 0. The van der Waals surface area contributed by atoms with E-state index in [0.717, 1.165) is 16.3 Å². The van der Waals surface area contributed by atoms with Gasteiger partial charge in [-0.15, -0.1) is 0 Å². The van der Waals surface area contributed by atoms with E-state index in [-0.39, 0.29) is 5.57 Å². The Kier molecular flexibility index (Phi) is 4.62. The van der Waals surface area contributed by atoms with Crippen LogP contribution in [0.2, 0.25) is 0 Å². The summed E-state index contributed by atoms with van der Waals surface area (Å²) < 4.78 is 5.72. The third kappa shape index (κ3) is 3.15. The number of hydrogen-bond acceptors (Lipinski definition) is 2. The van der Waals surface area contributed by atoms with Gasteiger partial charge in [0.15, 0.2) is 0 Å². The van der Waals surface area contributed by atoms with Gasteiger partial charge in [-0.25, -0.2) is 4.79 Å². The maximum absolute atomic E-state index is 11.8. The molecule has 0 aromatic heterocycles. The zero-order valence-corrected chi connectivity index (χ0v) is 13.4. The van der Waals surface area contributed by atoms with Gasteiger partial charge in [-0.2, -0.15) is 0 Å². The van der Waals surface area contributed by atoms with Crippen LogP contribution in [0.5, 0.6) is 5.75 Å². The average Bonchev–Trinajstić information content (AvgIpc) is 2.61. The van der Waals surface area contributed by atoms with Crippen LogP contribution in [-0.4, -0.2) is 17.7 Å². The standard InChI is InChI=1S/C21H18O3/c1-2-24-20-13-12-16-10-6-7-11-17(16)19(20)14-18(21(22)23)15-8-4-3-5-9-15/h3-14H,2H2,1H3,(H,22,23)/b18-14+. The highest BCUT2D eigenvalue weighted by molar-refractivity contribution is 6.21. The molecule has 0 saturated carbocycles. The zero-order chi connectivity index (χ0) is 16.9. The molecule has 0 unspecified atom stereocenters. The highest BCUT2D eigenvalue weighted by atomic mass is 16.5. The summed E-state index contributed by atoms with van der Waals surface area (Å²) in [6.45, 7) is 2.44. The molecule has 0 aliphatic rings. The van der Waals surface area contributed by atoms with E-state index in [1.54, 1.807) is 18.2 Å². The molecule has 0 aliphatic heterocycles. The quantitative estimate of drug-likeness (QED) is 0.539. The molecule has 0 atom stereocenters. The number of benzene rings is 3. The van der Waals surface area contributed by atoms with E-state index in [1.807, 2.05) is 61.5 Å². The number of carboxylic acid groups (broad SMARTS) is 1. The molecule has 0 spiro atoms. The minimum Gasteiger partial charge on any atom is -0.493 e. The lowest BCUT2D eigenvalue weighted by Crippen LogP contribution is -2.01. The first-order chi connectivity index (χ1) is 11.7. The Labute approximate surface area is 140 Å². The summed E-state index contributed by atoms with van der Waals surface area (Å²) >= 11 is 0. The minimum absolute atomic E-state index is 0.243. The molecule has 3 aromatic carbocycles. The van der Waals surface area contributed by atoms with Crippen LogP contribution in [0.4, 0.5) is 0 Å². The molecule has 3 nitrogen and oxygen atoms in total. The van der Waals surface area contributed by atoms with Gasteiger partial charge in [0.1, 0.15) is 5.75 Å². The number of carbonyl (C=O) groups is 1. The Morgan fingerprint density at radius 1 is 1.00 bits per heavy atom. The average molecular weight is 318 g/mol. The second-order valence-corrected chi connectivity index (χ2v) is 5.36. The maximum Gasteiger partial charge on any atom is 0.336 e. The Morgan fingerprint density at radius 3 is 2.42 bits per heavy atom. The second-order valence-electron chi connectivity index (χ2n) is 5.36. The number of rotatable bonds is 5. The van der Waals surface area contributed by atoms with E-state index < -0.39 is 5.97 Å². The van der Waals surface area contributed by atoms with Crippen LogP contribution in [0.3, 0.4) is 0 Å². The van der Waals surface area contributed by atoms with E-state index in [4.69, 9.17) is 4.74 Å². The topological polar surface area (TPSA) is 46.5 Å². The first kappa shape index (κ1) is 15.8. The van der Waals surface area contributed by atoms with Gasteiger partial charge in [-0.3, -0.25) is 0 Å². The highest BCUT2D eigenvalue weighted by Crippen LogP contribution is 2.32. The molecule has 0 heterocycles. The van der Waals surface area contributed by atoms with E-state index in [0.29, 0.717) is 17.9 Å². The van der Waals surface area contributed by atoms with E-state index in [2.05, 4.69) is 0 Å². The Hall–Kier alpha value is -3.07. The van der Waals surface area contributed by atoms with Crippen molar-refractivity contribution in [1.29, 1.82) is 0 Å². The van der Waals surface area contributed by atoms with Gasteiger partial charge in [0.2, 0.25) is 0 Å². The molecule has 3 heteroatoms. The molecule has 3 rings (SSSR count). The van der Waals surface area contributed by atoms with Gasteiger partial charge >= 0.3 is 5.97 Å². The molecule has 0 amide bonds. The van der Waals surface area contributed by atoms with Crippen molar-refractivity contribution in [2.24, 2.45) is 0 Å². The Bertz CT molecular complexity index is 895. The van der Waals surface area contributed by atoms with Gasteiger partial charge in [-0.05, 0) is 35.4 Å². The van der Waals surface area contributed by atoms with E-state index in [1.165, 1.54) is 0 Å². The van der Waals surface area contributed by atoms with Crippen molar-refractivity contribution in [3.63, 3.8) is 0 Å². The lowest BCUT2D eigenvalue weighted by atomic mass is 9.98. The fraction of sp³-hybridized carbons (Fsp3) is 0.0952. The fourth-order valence-electron chi connectivity index (χ4n) is 2.74. The van der Waals surface area contributed by atoms with Gasteiger partial charge in [0, 0.05) is 5.56 Å². The van der Waals surface area contributed by atoms with Crippen molar-refractivity contribution < 1.29 is 14.6 Å². The van der Waals surface area contributed by atoms with Gasteiger partial charge in [0.05, 0.1) is 12.2 Å². The van der Waals surface area contributed by atoms with Crippen molar-refractivity contribution >= 4 is 28.4 Å². The summed E-state index contributed by atoms with van der Waals surface area (Å²) in [5, 5.41) is 11.7. The molecule has 0 radical (unpaired) electrons. The molecule has 0 saturated heterocycles.